The molecule has 0 amide bonds. The third kappa shape index (κ3) is 64.6. The second-order valence-corrected chi connectivity index (χ2v) is 28.7. The van der Waals surface area contributed by atoms with Crippen molar-refractivity contribution in [1.29, 1.82) is 0 Å². The first-order valence-corrected chi connectivity index (χ1v) is 39.6. The van der Waals surface area contributed by atoms with Gasteiger partial charge in [-0.25, -0.2) is 9.13 Å². The van der Waals surface area contributed by atoms with Gasteiger partial charge in [-0.05, 0) is 31.6 Å². The highest BCUT2D eigenvalue weighted by atomic mass is 31.2. The van der Waals surface area contributed by atoms with Gasteiger partial charge in [0.05, 0.1) is 26.4 Å². The summed E-state index contributed by atoms with van der Waals surface area (Å²) in [5, 5.41) is 10.6. The lowest BCUT2D eigenvalue weighted by Gasteiger charge is -2.21. The van der Waals surface area contributed by atoms with Gasteiger partial charge in [0, 0.05) is 25.7 Å². The van der Waals surface area contributed by atoms with Gasteiger partial charge in [0.1, 0.15) is 19.3 Å². The summed E-state index contributed by atoms with van der Waals surface area (Å²) in [6.45, 7) is 7.21. The first-order chi connectivity index (χ1) is 43.0. The highest BCUT2D eigenvalue weighted by molar-refractivity contribution is 7.47. The number of esters is 4. The van der Waals surface area contributed by atoms with Crippen LogP contribution in [0.3, 0.4) is 0 Å². The summed E-state index contributed by atoms with van der Waals surface area (Å²) in [6, 6.07) is 0. The summed E-state index contributed by atoms with van der Waals surface area (Å²) >= 11 is 0. The number of ether oxygens (including phenoxy) is 4. The Morgan fingerprint density at radius 3 is 0.764 bits per heavy atom. The Balaban J connectivity index is 5.22. The summed E-state index contributed by atoms with van der Waals surface area (Å²) in [5.74, 6) is -1.38. The van der Waals surface area contributed by atoms with Gasteiger partial charge in [-0.1, -0.05) is 311 Å². The van der Waals surface area contributed by atoms with Crippen molar-refractivity contribution >= 4 is 39.5 Å². The Bertz CT molecular complexity index is 1720. The van der Waals surface area contributed by atoms with Gasteiger partial charge in [-0.15, -0.1) is 0 Å². The molecular weight excluding hydrogens is 1170 g/mol. The molecule has 0 saturated carbocycles. The Hall–Kier alpha value is -1.94. The largest absolute Gasteiger partial charge is 0.472 e. The molecule has 0 aliphatic carbocycles. The molecule has 0 fully saturated rings. The van der Waals surface area contributed by atoms with Crippen LogP contribution in [0.15, 0.2) is 0 Å². The predicted octanol–water partition coefficient (Wildman–Crippen LogP) is 20.1. The second kappa shape index (κ2) is 63.5. The Morgan fingerprint density at radius 2 is 0.517 bits per heavy atom. The standard InChI is InChI=1S/C70H136O17P2/c1-6-9-12-15-18-21-23-24-25-26-27-28-30-35-41-46-51-56-70(75)87-66(60-81-68(73)54-49-44-39-36-31-33-37-42-47-52-63(4)5)62-85-89(78,79)83-58-64(71)57-82-88(76,77)84-61-65(59-80-67(72)53-48-43-38-32-20-17-14-11-8-3)86-69(74)55-50-45-40-34-29-22-19-16-13-10-7-2/h63-66,71H,6-62H2,1-5H3,(H,76,77)(H,78,79)/t64-,65+,66+/m0/s1. The number of unbranched alkanes of at least 4 members (excludes halogenated alkanes) is 42. The third-order valence-electron chi connectivity index (χ3n) is 16.3. The summed E-state index contributed by atoms with van der Waals surface area (Å²) < 4.78 is 68.2. The molecule has 0 aliphatic rings. The highest BCUT2D eigenvalue weighted by Crippen LogP contribution is 2.45. The highest BCUT2D eigenvalue weighted by Gasteiger charge is 2.30. The van der Waals surface area contributed by atoms with E-state index in [2.05, 4.69) is 34.6 Å². The van der Waals surface area contributed by atoms with E-state index in [1.165, 1.54) is 186 Å². The van der Waals surface area contributed by atoms with Crippen LogP contribution in [0.2, 0.25) is 0 Å². The summed E-state index contributed by atoms with van der Waals surface area (Å²) in [7, 11) is -9.90. The van der Waals surface area contributed by atoms with Crippen LogP contribution in [-0.2, 0) is 65.4 Å². The number of aliphatic hydroxyl groups is 1. The van der Waals surface area contributed by atoms with Gasteiger partial charge in [-0.2, -0.15) is 0 Å². The third-order valence-corrected chi connectivity index (χ3v) is 18.2. The molecule has 2 unspecified atom stereocenters. The van der Waals surface area contributed by atoms with Crippen LogP contribution in [-0.4, -0.2) is 96.7 Å². The fraction of sp³-hybridized carbons (Fsp3) is 0.943. The van der Waals surface area contributed by atoms with Crippen LogP contribution < -0.4 is 0 Å². The number of rotatable bonds is 70. The molecule has 0 spiro atoms. The number of phosphoric ester groups is 2. The molecule has 0 aromatic rings. The van der Waals surface area contributed by atoms with Crippen LogP contribution >= 0.6 is 15.6 Å². The smallest absolute Gasteiger partial charge is 0.462 e. The van der Waals surface area contributed by atoms with Crippen molar-refractivity contribution in [2.75, 3.05) is 39.6 Å². The van der Waals surface area contributed by atoms with Gasteiger partial charge in [0.15, 0.2) is 12.2 Å². The van der Waals surface area contributed by atoms with Crippen molar-refractivity contribution in [1.82, 2.24) is 0 Å². The fourth-order valence-corrected chi connectivity index (χ4v) is 12.2. The average Bonchev–Trinajstić information content (AvgIpc) is 3.50. The molecule has 0 radical (unpaired) electrons. The summed E-state index contributed by atoms with van der Waals surface area (Å²) in [4.78, 5) is 72.5. The van der Waals surface area contributed by atoms with Gasteiger partial charge in [0.25, 0.3) is 0 Å². The normalized spacial score (nSPS) is 14.1. The molecule has 89 heavy (non-hydrogen) atoms. The Labute approximate surface area is 543 Å². The zero-order chi connectivity index (χ0) is 65.6. The van der Waals surface area contributed by atoms with E-state index >= 15 is 0 Å². The Kier molecular flexibility index (Phi) is 62.1. The van der Waals surface area contributed by atoms with E-state index < -0.39 is 97.5 Å². The topological polar surface area (TPSA) is 237 Å². The minimum atomic E-state index is -4.95. The van der Waals surface area contributed by atoms with E-state index in [4.69, 9.17) is 37.0 Å². The van der Waals surface area contributed by atoms with Gasteiger partial charge in [-0.3, -0.25) is 37.3 Å². The molecule has 0 bridgehead atoms. The molecule has 0 aromatic heterocycles. The molecule has 0 aromatic carbocycles. The zero-order valence-electron chi connectivity index (χ0n) is 57.6. The molecule has 19 heteroatoms. The lowest BCUT2D eigenvalue weighted by Crippen LogP contribution is -2.30. The van der Waals surface area contributed by atoms with Crippen molar-refractivity contribution in [3.63, 3.8) is 0 Å². The maximum Gasteiger partial charge on any atom is 0.472 e. The molecule has 17 nitrogen and oxygen atoms in total. The van der Waals surface area contributed by atoms with Crippen molar-refractivity contribution in [2.24, 2.45) is 5.92 Å². The molecule has 3 N–H and O–H groups in total. The fourth-order valence-electron chi connectivity index (χ4n) is 10.6. The minimum absolute atomic E-state index is 0.107. The number of carbonyl (C=O) groups is 4. The zero-order valence-corrected chi connectivity index (χ0v) is 59.4. The average molecular weight is 1310 g/mol. The number of hydrogen-bond acceptors (Lipinski definition) is 15. The quantitative estimate of drug-likeness (QED) is 0.0222. The van der Waals surface area contributed by atoms with Crippen molar-refractivity contribution in [3.05, 3.63) is 0 Å². The summed E-state index contributed by atoms with van der Waals surface area (Å²) in [5.41, 5.74) is 0. The Morgan fingerprint density at radius 1 is 0.303 bits per heavy atom. The number of aliphatic hydroxyl groups excluding tert-OH is 1. The molecule has 0 rings (SSSR count). The van der Waals surface area contributed by atoms with Gasteiger partial charge < -0.3 is 33.8 Å². The first-order valence-electron chi connectivity index (χ1n) is 36.6. The van der Waals surface area contributed by atoms with Crippen LogP contribution in [0.1, 0.15) is 362 Å². The van der Waals surface area contributed by atoms with Crippen LogP contribution in [0.4, 0.5) is 0 Å². The number of carbonyl (C=O) groups excluding carboxylic acids is 4. The molecular formula is C70H136O17P2. The number of phosphoric acid groups is 2. The van der Waals surface area contributed by atoms with Gasteiger partial charge in [0.2, 0.25) is 0 Å². The molecule has 5 atom stereocenters. The second-order valence-electron chi connectivity index (χ2n) is 25.7. The lowest BCUT2D eigenvalue weighted by molar-refractivity contribution is -0.161. The lowest BCUT2D eigenvalue weighted by atomic mass is 10.0. The first kappa shape index (κ1) is 87.1. The summed E-state index contributed by atoms with van der Waals surface area (Å²) in [6.07, 6.45) is 49.9. The van der Waals surface area contributed by atoms with E-state index in [0.29, 0.717) is 25.7 Å². The van der Waals surface area contributed by atoms with Crippen molar-refractivity contribution in [3.8, 4) is 0 Å². The van der Waals surface area contributed by atoms with Crippen LogP contribution in [0.25, 0.3) is 0 Å². The SMILES string of the molecule is CCCCCCCCCCCCCCCCCCCC(=O)O[C@H](COC(=O)CCCCCCCCCCCC(C)C)COP(=O)(O)OC[C@@H](O)COP(=O)(O)OC[C@@H](COC(=O)CCCCCCCCCCC)OC(=O)CCCCCCCCCCCCC. The molecule has 0 heterocycles. The van der Waals surface area contributed by atoms with Gasteiger partial charge >= 0.3 is 39.5 Å². The van der Waals surface area contributed by atoms with E-state index in [9.17, 15) is 43.2 Å². The maximum absolute atomic E-state index is 13.0. The van der Waals surface area contributed by atoms with E-state index in [1.807, 2.05) is 0 Å². The van der Waals surface area contributed by atoms with E-state index in [-0.39, 0.29) is 25.7 Å². The van der Waals surface area contributed by atoms with Crippen molar-refractivity contribution in [2.45, 2.75) is 380 Å². The van der Waals surface area contributed by atoms with E-state index in [0.717, 1.165) is 95.8 Å². The van der Waals surface area contributed by atoms with E-state index in [1.54, 1.807) is 0 Å². The van der Waals surface area contributed by atoms with Crippen LogP contribution in [0, 0.1) is 5.92 Å². The van der Waals surface area contributed by atoms with Crippen LogP contribution in [0.5, 0.6) is 0 Å². The molecule has 0 aliphatic heterocycles. The minimum Gasteiger partial charge on any atom is -0.462 e. The number of hydrogen-bond donors (Lipinski definition) is 3. The molecule has 528 valence electrons. The van der Waals surface area contributed by atoms with Crippen molar-refractivity contribution < 1.29 is 80.2 Å². The maximum atomic E-state index is 13.0. The molecule has 0 saturated heterocycles. The predicted molar refractivity (Wildman–Crippen MR) is 358 cm³/mol. The monoisotopic (exact) mass is 1310 g/mol.